The van der Waals surface area contributed by atoms with Gasteiger partial charge in [-0.2, -0.15) is 0 Å². The Morgan fingerprint density at radius 2 is 2.28 bits per heavy atom. The molecular weight excluding hydrogens is 257 g/mol. The van der Waals surface area contributed by atoms with Crippen molar-refractivity contribution >= 4 is 17.4 Å². The van der Waals surface area contributed by atoms with Crippen molar-refractivity contribution in [2.24, 2.45) is 10.9 Å². The first-order valence-electron chi connectivity index (χ1n) is 5.54. The lowest BCUT2D eigenvalue weighted by atomic mass is 10.1. The molecule has 3 N–H and O–H groups in total. The Morgan fingerprint density at radius 3 is 2.83 bits per heavy atom. The van der Waals surface area contributed by atoms with Crippen molar-refractivity contribution in [2.45, 2.75) is 25.9 Å². The van der Waals surface area contributed by atoms with Crippen LogP contribution in [0.3, 0.4) is 0 Å². The average Bonchev–Trinajstić information content (AvgIpc) is 2.32. The molecule has 0 aromatic heterocycles. The van der Waals surface area contributed by atoms with Crippen LogP contribution in [-0.4, -0.2) is 29.0 Å². The Balaban J connectivity index is 2.66. The maximum absolute atomic E-state index is 13.6. The van der Waals surface area contributed by atoms with Crippen LogP contribution in [-0.2, 0) is 6.54 Å². The normalized spacial score (nSPS) is 13.9. The van der Waals surface area contributed by atoms with E-state index in [1.54, 1.807) is 12.1 Å². The zero-order valence-electron chi connectivity index (χ0n) is 10.4. The molecule has 1 aromatic rings. The predicted molar refractivity (Wildman–Crippen MR) is 70.4 cm³/mol. The van der Waals surface area contributed by atoms with Gasteiger partial charge in [-0.05, 0) is 26.1 Å². The lowest BCUT2D eigenvalue weighted by molar-refractivity contribution is 0.248. The third kappa shape index (κ3) is 4.16. The van der Waals surface area contributed by atoms with E-state index in [2.05, 4.69) is 5.16 Å². The number of nitrogens with two attached hydrogens (primary N) is 1. The Kier molecular flexibility index (Phi) is 5.37. The molecule has 0 saturated heterocycles. The van der Waals surface area contributed by atoms with Gasteiger partial charge in [0.2, 0.25) is 0 Å². The van der Waals surface area contributed by atoms with Crippen molar-refractivity contribution in [1.82, 2.24) is 4.90 Å². The van der Waals surface area contributed by atoms with Crippen LogP contribution in [0.4, 0.5) is 4.39 Å². The van der Waals surface area contributed by atoms with Crippen LogP contribution in [0.25, 0.3) is 0 Å². The van der Waals surface area contributed by atoms with Gasteiger partial charge in [-0.1, -0.05) is 22.8 Å². The summed E-state index contributed by atoms with van der Waals surface area (Å²) in [6.45, 7) is 2.36. The molecule has 0 radical (unpaired) electrons. The molecule has 0 spiro atoms. The van der Waals surface area contributed by atoms with Crippen LogP contribution in [0.5, 0.6) is 0 Å². The molecular formula is C12H17ClFN3O. The average molecular weight is 274 g/mol. The van der Waals surface area contributed by atoms with E-state index in [4.69, 9.17) is 22.5 Å². The van der Waals surface area contributed by atoms with Crippen LogP contribution in [0.1, 0.15) is 18.9 Å². The van der Waals surface area contributed by atoms with E-state index in [-0.39, 0.29) is 17.7 Å². The van der Waals surface area contributed by atoms with Gasteiger partial charge in [0.15, 0.2) is 0 Å². The van der Waals surface area contributed by atoms with Gasteiger partial charge in [0.1, 0.15) is 11.7 Å². The monoisotopic (exact) mass is 273 g/mol. The molecule has 1 rings (SSSR count). The number of amidine groups is 1. The fourth-order valence-electron chi connectivity index (χ4n) is 1.57. The molecule has 0 amide bonds. The van der Waals surface area contributed by atoms with Crippen molar-refractivity contribution in [3.63, 3.8) is 0 Å². The highest BCUT2D eigenvalue weighted by atomic mass is 35.5. The fraction of sp³-hybridized carbons (Fsp3) is 0.417. The molecule has 1 unspecified atom stereocenters. The van der Waals surface area contributed by atoms with Gasteiger partial charge in [0.05, 0.1) is 0 Å². The standard InChI is InChI=1S/C12H17ClFN3O/c1-8(5-12(15)16-18)17(2)7-9-3-4-10(13)6-11(9)14/h3-4,6,8,18H,5,7H2,1-2H3,(H2,15,16). The van der Waals surface area contributed by atoms with Crippen LogP contribution in [0.2, 0.25) is 5.02 Å². The van der Waals surface area contributed by atoms with Gasteiger partial charge in [-0.15, -0.1) is 0 Å². The van der Waals surface area contributed by atoms with Crippen molar-refractivity contribution in [1.29, 1.82) is 0 Å². The molecule has 0 bridgehead atoms. The second kappa shape index (κ2) is 6.56. The maximum Gasteiger partial charge on any atom is 0.140 e. The number of benzene rings is 1. The third-order valence-electron chi connectivity index (χ3n) is 2.82. The Hall–Kier alpha value is -1.33. The summed E-state index contributed by atoms with van der Waals surface area (Å²) in [4.78, 5) is 1.92. The molecule has 1 aromatic carbocycles. The zero-order chi connectivity index (χ0) is 13.7. The van der Waals surface area contributed by atoms with Gasteiger partial charge in [-0.3, -0.25) is 4.90 Å². The fourth-order valence-corrected chi connectivity index (χ4v) is 1.73. The highest BCUT2D eigenvalue weighted by molar-refractivity contribution is 6.30. The quantitative estimate of drug-likeness (QED) is 0.375. The van der Waals surface area contributed by atoms with Crippen LogP contribution in [0.15, 0.2) is 23.4 Å². The minimum Gasteiger partial charge on any atom is -0.409 e. The third-order valence-corrected chi connectivity index (χ3v) is 3.06. The molecule has 18 heavy (non-hydrogen) atoms. The van der Waals surface area contributed by atoms with Crippen molar-refractivity contribution in [3.05, 3.63) is 34.6 Å². The highest BCUT2D eigenvalue weighted by Gasteiger charge is 2.13. The highest BCUT2D eigenvalue weighted by Crippen LogP contribution is 2.17. The zero-order valence-corrected chi connectivity index (χ0v) is 11.2. The molecule has 100 valence electrons. The van der Waals surface area contributed by atoms with E-state index in [1.165, 1.54) is 6.07 Å². The lowest BCUT2D eigenvalue weighted by Gasteiger charge is -2.24. The number of halogens is 2. The summed E-state index contributed by atoms with van der Waals surface area (Å²) >= 11 is 5.69. The van der Waals surface area contributed by atoms with E-state index in [0.29, 0.717) is 23.6 Å². The molecule has 1 atom stereocenters. The molecule has 0 saturated carbocycles. The summed E-state index contributed by atoms with van der Waals surface area (Å²) in [5, 5.41) is 11.8. The Labute approximate surface area is 111 Å². The Morgan fingerprint density at radius 1 is 1.61 bits per heavy atom. The number of oxime groups is 1. The van der Waals surface area contributed by atoms with Crippen LogP contribution < -0.4 is 5.73 Å². The minimum atomic E-state index is -0.328. The van der Waals surface area contributed by atoms with Gasteiger partial charge in [0, 0.05) is 29.6 Å². The number of hydrogen-bond acceptors (Lipinski definition) is 3. The first-order valence-corrected chi connectivity index (χ1v) is 5.92. The van der Waals surface area contributed by atoms with E-state index in [0.717, 1.165) is 0 Å². The molecule has 0 aliphatic heterocycles. The molecule has 0 heterocycles. The van der Waals surface area contributed by atoms with Gasteiger partial charge < -0.3 is 10.9 Å². The van der Waals surface area contributed by atoms with Gasteiger partial charge >= 0.3 is 0 Å². The van der Waals surface area contributed by atoms with Crippen molar-refractivity contribution in [2.75, 3.05) is 7.05 Å². The first kappa shape index (κ1) is 14.7. The first-order chi connectivity index (χ1) is 8.43. The molecule has 0 fully saturated rings. The largest absolute Gasteiger partial charge is 0.409 e. The molecule has 4 nitrogen and oxygen atoms in total. The lowest BCUT2D eigenvalue weighted by Crippen LogP contribution is -2.33. The smallest absolute Gasteiger partial charge is 0.140 e. The number of rotatable bonds is 5. The topological polar surface area (TPSA) is 61.9 Å². The minimum absolute atomic E-state index is 0.0379. The van der Waals surface area contributed by atoms with E-state index in [1.807, 2.05) is 18.9 Å². The molecule has 0 aliphatic carbocycles. The summed E-state index contributed by atoms with van der Waals surface area (Å²) in [7, 11) is 1.85. The summed E-state index contributed by atoms with van der Waals surface area (Å²) in [6.07, 6.45) is 0.419. The van der Waals surface area contributed by atoms with Crippen molar-refractivity contribution in [3.8, 4) is 0 Å². The summed E-state index contributed by atoms with van der Waals surface area (Å²) in [6, 6.07) is 4.64. The van der Waals surface area contributed by atoms with Crippen LogP contribution in [0, 0.1) is 5.82 Å². The van der Waals surface area contributed by atoms with Crippen LogP contribution >= 0.6 is 11.6 Å². The number of nitrogens with zero attached hydrogens (tertiary/aromatic N) is 2. The molecule has 6 heteroatoms. The molecule has 0 aliphatic rings. The number of hydrogen-bond donors (Lipinski definition) is 2. The SMILES string of the molecule is CC(C/C(N)=N/O)N(C)Cc1ccc(Cl)cc1F. The van der Waals surface area contributed by atoms with E-state index < -0.39 is 0 Å². The second-order valence-corrected chi connectivity index (χ2v) is 4.73. The van der Waals surface area contributed by atoms with E-state index >= 15 is 0 Å². The summed E-state index contributed by atoms with van der Waals surface area (Å²) < 4.78 is 13.6. The summed E-state index contributed by atoms with van der Waals surface area (Å²) in [5.41, 5.74) is 6.00. The van der Waals surface area contributed by atoms with E-state index in [9.17, 15) is 4.39 Å². The predicted octanol–water partition coefficient (Wildman–Crippen LogP) is 2.44. The Bertz CT molecular complexity index is 439. The van der Waals surface area contributed by atoms with Gasteiger partial charge in [0.25, 0.3) is 0 Å². The second-order valence-electron chi connectivity index (χ2n) is 4.30. The van der Waals surface area contributed by atoms with Gasteiger partial charge in [-0.25, -0.2) is 4.39 Å². The maximum atomic E-state index is 13.6. The summed E-state index contributed by atoms with van der Waals surface area (Å²) in [5.74, 6) is -0.170. The van der Waals surface area contributed by atoms with Crippen molar-refractivity contribution < 1.29 is 9.60 Å².